The fourth-order valence-electron chi connectivity index (χ4n) is 2.69. The largest absolute Gasteiger partial charge is 0.480 e. The quantitative estimate of drug-likeness (QED) is 0.762. The molecule has 0 aromatic rings. The molecule has 1 N–H and O–H groups in total. The predicted molar refractivity (Wildman–Crippen MR) is 65.2 cm³/mol. The summed E-state index contributed by atoms with van der Waals surface area (Å²) >= 11 is 0. The van der Waals surface area contributed by atoms with E-state index in [2.05, 4.69) is 4.90 Å². The molecule has 0 bridgehead atoms. The molecule has 2 aliphatic rings. The Kier molecular flexibility index (Phi) is 3.66. The second kappa shape index (κ2) is 4.79. The summed E-state index contributed by atoms with van der Waals surface area (Å²) in [6, 6.07) is 0.0743. The van der Waals surface area contributed by atoms with Crippen LogP contribution in [0.2, 0.25) is 0 Å². The van der Waals surface area contributed by atoms with E-state index >= 15 is 0 Å². The zero-order chi connectivity index (χ0) is 13.4. The van der Waals surface area contributed by atoms with Crippen molar-refractivity contribution >= 4 is 15.8 Å². The predicted octanol–water partition coefficient (Wildman–Crippen LogP) is -0.261. The van der Waals surface area contributed by atoms with Gasteiger partial charge in [0.15, 0.2) is 9.84 Å². The molecule has 0 saturated carbocycles. The molecule has 2 aliphatic heterocycles. The first-order valence-electron chi connectivity index (χ1n) is 6.10. The van der Waals surface area contributed by atoms with Crippen LogP contribution in [0, 0.1) is 0 Å². The van der Waals surface area contributed by atoms with E-state index in [-0.39, 0.29) is 18.4 Å². The topological polar surface area (TPSA) is 83.9 Å². The van der Waals surface area contributed by atoms with Crippen molar-refractivity contribution in [1.29, 1.82) is 0 Å². The summed E-state index contributed by atoms with van der Waals surface area (Å²) in [5.74, 6) is -0.457. The van der Waals surface area contributed by atoms with Crippen LogP contribution in [-0.4, -0.2) is 67.2 Å². The third-order valence-electron chi connectivity index (χ3n) is 3.57. The molecule has 0 aromatic carbocycles. The number of ether oxygens (including phenoxy) is 1. The van der Waals surface area contributed by atoms with Crippen LogP contribution in [0.25, 0.3) is 0 Å². The van der Waals surface area contributed by atoms with Crippen molar-refractivity contribution < 1.29 is 23.1 Å². The van der Waals surface area contributed by atoms with Gasteiger partial charge in [-0.15, -0.1) is 0 Å². The molecule has 1 atom stereocenters. The van der Waals surface area contributed by atoms with E-state index in [4.69, 9.17) is 9.84 Å². The van der Waals surface area contributed by atoms with Gasteiger partial charge in [0.1, 0.15) is 6.61 Å². The highest BCUT2D eigenvalue weighted by molar-refractivity contribution is 7.91. The van der Waals surface area contributed by atoms with Gasteiger partial charge in [-0.3, -0.25) is 4.90 Å². The first kappa shape index (κ1) is 13.8. The van der Waals surface area contributed by atoms with Gasteiger partial charge in [-0.25, -0.2) is 13.2 Å². The number of carbonyl (C=O) groups is 1. The summed E-state index contributed by atoms with van der Waals surface area (Å²) < 4.78 is 28.4. The highest BCUT2D eigenvalue weighted by atomic mass is 32.2. The van der Waals surface area contributed by atoms with Gasteiger partial charge >= 0.3 is 5.97 Å². The third-order valence-corrected chi connectivity index (χ3v) is 5.38. The Bertz CT molecular complexity index is 427. The number of carboxylic acid groups (broad SMARTS) is 1. The molecular weight excluding hydrogens is 258 g/mol. The Balaban J connectivity index is 1.83. The number of rotatable bonds is 4. The van der Waals surface area contributed by atoms with Crippen molar-refractivity contribution in [2.75, 3.05) is 31.2 Å². The van der Waals surface area contributed by atoms with Crippen molar-refractivity contribution in [3.05, 3.63) is 0 Å². The summed E-state index contributed by atoms with van der Waals surface area (Å²) in [5.41, 5.74) is -0.445. The van der Waals surface area contributed by atoms with Crippen molar-refractivity contribution in [2.24, 2.45) is 0 Å². The summed E-state index contributed by atoms with van der Waals surface area (Å²) in [6.45, 7) is 2.79. The SMILES string of the molecule is CC1(OCC(=O)O)CN(C2CCCS(=O)(=O)C2)C1. The smallest absolute Gasteiger partial charge is 0.329 e. The molecule has 0 spiro atoms. The minimum atomic E-state index is -2.89. The minimum Gasteiger partial charge on any atom is -0.480 e. The van der Waals surface area contributed by atoms with Gasteiger partial charge < -0.3 is 9.84 Å². The van der Waals surface area contributed by atoms with E-state index in [9.17, 15) is 13.2 Å². The Morgan fingerprint density at radius 1 is 1.50 bits per heavy atom. The average molecular weight is 277 g/mol. The number of sulfone groups is 1. The van der Waals surface area contributed by atoms with Gasteiger partial charge in [-0.2, -0.15) is 0 Å². The lowest BCUT2D eigenvalue weighted by Gasteiger charge is -2.51. The molecule has 1 unspecified atom stereocenters. The van der Waals surface area contributed by atoms with Crippen molar-refractivity contribution in [2.45, 2.75) is 31.4 Å². The van der Waals surface area contributed by atoms with Crippen molar-refractivity contribution in [1.82, 2.24) is 4.90 Å². The Morgan fingerprint density at radius 2 is 2.17 bits per heavy atom. The second-order valence-electron chi connectivity index (χ2n) is 5.45. The van der Waals surface area contributed by atoms with Gasteiger partial charge in [0.05, 0.1) is 17.1 Å². The molecule has 0 aromatic heterocycles. The van der Waals surface area contributed by atoms with E-state index < -0.39 is 21.4 Å². The molecule has 104 valence electrons. The Labute approximate surface area is 107 Å². The molecule has 18 heavy (non-hydrogen) atoms. The Morgan fingerprint density at radius 3 is 2.72 bits per heavy atom. The molecule has 0 amide bonds. The fourth-order valence-corrected chi connectivity index (χ4v) is 4.42. The molecule has 0 aliphatic carbocycles. The summed E-state index contributed by atoms with van der Waals surface area (Å²) in [6.07, 6.45) is 1.62. The molecule has 6 nitrogen and oxygen atoms in total. The van der Waals surface area contributed by atoms with E-state index in [0.29, 0.717) is 18.8 Å². The average Bonchev–Trinajstić information content (AvgIpc) is 2.21. The van der Waals surface area contributed by atoms with Crippen molar-refractivity contribution in [3.63, 3.8) is 0 Å². The second-order valence-corrected chi connectivity index (χ2v) is 7.68. The third kappa shape index (κ3) is 3.21. The van der Waals surface area contributed by atoms with Crippen LogP contribution in [-0.2, 0) is 19.4 Å². The van der Waals surface area contributed by atoms with Crippen LogP contribution in [0.1, 0.15) is 19.8 Å². The zero-order valence-electron chi connectivity index (χ0n) is 10.5. The van der Waals surface area contributed by atoms with E-state index in [0.717, 1.165) is 12.8 Å². The number of aliphatic carboxylic acids is 1. The standard InChI is InChI=1S/C11H19NO5S/c1-11(17-5-10(13)14)7-12(8-11)9-3-2-4-18(15,16)6-9/h9H,2-8H2,1H3,(H,13,14). The molecule has 2 rings (SSSR count). The lowest BCUT2D eigenvalue weighted by atomic mass is 9.93. The molecule has 2 fully saturated rings. The van der Waals surface area contributed by atoms with Crippen LogP contribution < -0.4 is 0 Å². The van der Waals surface area contributed by atoms with Gasteiger partial charge in [0.25, 0.3) is 0 Å². The molecule has 2 saturated heterocycles. The van der Waals surface area contributed by atoms with Crippen LogP contribution >= 0.6 is 0 Å². The van der Waals surface area contributed by atoms with E-state index in [1.54, 1.807) is 0 Å². The zero-order valence-corrected chi connectivity index (χ0v) is 11.3. The number of hydrogen-bond donors (Lipinski definition) is 1. The first-order chi connectivity index (χ1) is 8.30. The van der Waals surface area contributed by atoms with Crippen LogP contribution in [0.15, 0.2) is 0 Å². The van der Waals surface area contributed by atoms with E-state index in [1.165, 1.54) is 0 Å². The molecule has 0 radical (unpaired) electrons. The minimum absolute atomic E-state index is 0.0743. The van der Waals surface area contributed by atoms with Crippen molar-refractivity contribution in [3.8, 4) is 0 Å². The first-order valence-corrected chi connectivity index (χ1v) is 7.92. The van der Waals surface area contributed by atoms with E-state index in [1.807, 2.05) is 6.92 Å². The summed E-state index contributed by atoms with van der Waals surface area (Å²) in [4.78, 5) is 12.5. The molecular formula is C11H19NO5S. The van der Waals surface area contributed by atoms with Crippen LogP contribution in [0.4, 0.5) is 0 Å². The highest BCUT2D eigenvalue weighted by Gasteiger charge is 2.44. The Hall–Kier alpha value is -0.660. The number of likely N-dealkylation sites (tertiary alicyclic amines) is 1. The maximum absolute atomic E-state index is 11.5. The van der Waals surface area contributed by atoms with Gasteiger partial charge in [0.2, 0.25) is 0 Å². The monoisotopic (exact) mass is 277 g/mol. The highest BCUT2D eigenvalue weighted by Crippen LogP contribution is 2.30. The number of nitrogens with zero attached hydrogens (tertiary/aromatic N) is 1. The van der Waals surface area contributed by atoms with Crippen LogP contribution in [0.3, 0.4) is 0 Å². The number of hydrogen-bond acceptors (Lipinski definition) is 5. The normalized spacial score (nSPS) is 30.6. The maximum Gasteiger partial charge on any atom is 0.329 e. The lowest BCUT2D eigenvalue weighted by Crippen LogP contribution is -2.66. The van der Waals surface area contributed by atoms with Crippen LogP contribution in [0.5, 0.6) is 0 Å². The summed E-state index contributed by atoms with van der Waals surface area (Å²) in [7, 11) is -2.89. The molecule has 7 heteroatoms. The van der Waals surface area contributed by atoms with Gasteiger partial charge in [-0.05, 0) is 19.8 Å². The maximum atomic E-state index is 11.5. The van der Waals surface area contributed by atoms with Gasteiger partial charge in [0, 0.05) is 19.1 Å². The van der Waals surface area contributed by atoms with Gasteiger partial charge in [-0.1, -0.05) is 0 Å². The lowest BCUT2D eigenvalue weighted by molar-refractivity contribution is -0.169. The number of carboxylic acids is 1. The summed E-state index contributed by atoms with van der Waals surface area (Å²) in [5, 5.41) is 8.56. The molecule has 2 heterocycles. The fraction of sp³-hybridized carbons (Fsp3) is 0.909.